The number of aliphatic hydroxyl groups excluding tert-OH is 1. The molecule has 0 bridgehead atoms. The van der Waals surface area contributed by atoms with Gasteiger partial charge in [0.15, 0.2) is 0 Å². The maximum Gasteiger partial charge on any atom is 0.264 e. The van der Waals surface area contributed by atoms with E-state index >= 15 is 0 Å². The van der Waals surface area contributed by atoms with Crippen LogP contribution in [0.1, 0.15) is 12.8 Å². The van der Waals surface area contributed by atoms with Crippen molar-refractivity contribution in [3.05, 3.63) is 0 Å². The molecule has 2 rings (SSSR count). The third kappa shape index (κ3) is 12.9. The van der Waals surface area contributed by atoms with E-state index in [0.717, 1.165) is 12.5 Å². The standard InChI is InChI=1S/C5H8F2O3S.C4H6F2O.CH3ClO2S/c1-11(8,9)10-3-4-2-5(4,6)7;5-4(6)1-3(4)2-7;1-5(2,3)4/h4H,2-3H2,1H3;3,7H,1-2H2;1H3. The van der Waals surface area contributed by atoms with Gasteiger partial charge in [-0.15, -0.1) is 0 Å². The van der Waals surface area contributed by atoms with Crippen LogP contribution in [0.2, 0.25) is 0 Å². The molecule has 0 aromatic heterocycles. The van der Waals surface area contributed by atoms with Crippen molar-refractivity contribution in [2.24, 2.45) is 11.8 Å². The molecule has 0 heterocycles. The molecule has 2 aliphatic rings. The van der Waals surface area contributed by atoms with E-state index in [0.29, 0.717) is 0 Å². The smallest absolute Gasteiger partial charge is 0.264 e. The number of alkyl halides is 4. The van der Waals surface area contributed by atoms with Gasteiger partial charge in [0.2, 0.25) is 9.05 Å². The summed E-state index contributed by atoms with van der Waals surface area (Å²) in [4.78, 5) is 0. The lowest BCUT2D eigenvalue weighted by molar-refractivity contribution is 0.0820. The van der Waals surface area contributed by atoms with Crippen LogP contribution in [-0.2, 0) is 23.4 Å². The number of aliphatic hydroxyl groups is 1. The molecule has 0 radical (unpaired) electrons. The highest BCUT2D eigenvalue weighted by Gasteiger charge is 2.57. The molecule has 0 aromatic rings. The van der Waals surface area contributed by atoms with E-state index < -0.39 is 49.5 Å². The van der Waals surface area contributed by atoms with Crippen molar-refractivity contribution in [2.75, 3.05) is 25.7 Å². The number of rotatable bonds is 4. The Morgan fingerprint density at radius 2 is 1.35 bits per heavy atom. The van der Waals surface area contributed by atoms with Gasteiger partial charge in [-0.3, -0.25) is 4.18 Å². The average molecular weight is 409 g/mol. The van der Waals surface area contributed by atoms with Crippen LogP contribution in [0.4, 0.5) is 17.6 Å². The number of halogens is 5. The van der Waals surface area contributed by atoms with Gasteiger partial charge in [-0.2, -0.15) is 8.42 Å². The summed E-state index contributed by atoms with van der Waals surface area (Å²) < 4.78 is 91.1. The molecule has 6 nitrogen and oxygen atoms in total. The molecule has 23 heavy (non-hydrogen) atoms. The summed E-state index contributed by atoms with van der Waals surface area (Å²) in [6.45, 7) is -0.765. The maximum atomic E-state index is 12.1. The highest BCUT2D eigenvalue weighted by molar-refractivity contribution is 8.13. The van der Waals surface area contributed by atoms with Crippen molar-refractivity contribution >= 4 is 29.9 Å². The highest BCUT2D eigenvalue weighted by Crippen LogP contribution is 2.48. The van der Waals surface area contributed by atoms with Gasteiger partial charge < -0.3 is 5.11 Å². The second-order valence-electron chi connectivity index (χ2n) is 5.18. The minimum absolute atomic E-state index is 0.122. The van der Waals surface area contributed by atoms with Crippen molar-refractivity contribution in [3.63, 3.8) is 0 Å². The third-order valence-corrected chi connectivity index (χ3v) is 3.18. The van der Waals surface area contributed by atoms with E-state index in [4.69, 9.17) is 5.11 Å². The van der Waals surface area contributed by atoms with Crippen LogP contribution in [0.3, 0.4) is 0 Å². The van der Waals surface area contributed by atoms with Crippen LogP contribution < -0.4 is 0 Å². The van der Waals surface area contributed by atoms with Gasteiger partial charge >= 0.3 is 0 Å². The summed E-state index contributed by atoms with van der Waals surface area (Å²) in [6, 6.07) is 0. The Morgan fingerprint density at radius 3 is 1.48 bits per heavy atom. The molecule has 0 saturated heterocycles. The average Bonchev–Trinajstić information content (AvgIpc) is 3.09. The quantitative estimate of drug-likeness (QED) is 0.429. The van der Waals surface area contributed by atoms with Gasteiger partial charge in [0.25, 0.3) is 22.0 Å². The Hall–Kier alpha value is -0.170. The lowest BCUT2D eigenvalue weighted by atomic mass is 10.5. The minimum atomic E-state index is -3.56. The summed E-state index contributed by atoms with van der Waals surface area (Å²) in [7, 11) is -2.25. The predicted octanol–water partition coefficient (Wildman–Crippen LogP) is 1.44. The minimum Gasteiger partial charge on any atom is -0.396 e. The lowest BCUT2D eigenvalue weighted by Gasteiger charge is -1.98. The predicted molar refractivity (Wildman–Crippen MR) is 74.7 cm³/mol. The van der Waals surface area contributed by atoms with Crippen LogP contribution in [-0.4, -0.2) is 59.5 Å². The van der Waals surface area contributed by atoms with Gasteiger partial charge in [0.1, 0.15) is 0 Å². The molecule has 1 N–H and O–H groups in total. The molecule has 2 fully saturated rings. The molecule has 0 aliphatic heterocycles. The first kappa shape index (κ1) is 22.8. The monoisotopic (exact) mass is 408 g/mol. The normalized spacial score (nSPS) is 27.0. The van der Waals surface area contributed by atoms with Gasteiger partial charge in [-0.1, -0.05) is 0 Å². The van der Waals surface area contributed by atoms with E-state index in [1.54, 1.807) is 0 Å². The maximum absolute atomic E-state index is 12.1. The molecule has 0 spiro atoms. The molecule has 13 heteroatoms. The van der Waals surface area contributed by atoms with Gasteiger partial charge in [0.05, 0.1) is 37.6 Å². The summed E-state index contributed by atoms with van der Waals surface area (Å²) >= 11 is 0. The van der Waals surface area contributed by atoms with Crippen LogP contribution in [0.15, 0.2) is 0 Å². The zero-order valence-corrected chi connectivity index (χ0v) is 14.6. The van der Waals surface area contributed by atoms with Gasteiger partial charge in [-0.25, -0.2) is 26.0 Å². The van der Waals surface area contributed by atoms with Crippen molar-refractivity contribution in [1.29, 1.82) is 0 Å². The van der Waals surface area contributed by atoms with Crippen molar-refractivity contribution in [3.8, 4) is 0 Å². The van der Waals surface area contributed by atoms with Crippen molar-refractivity contribution < 1.29 is 43.7 Å². The molecular formula is C10H17ClF4O6S2. The molecule has 2 saturated carbocycles. The third-order valence-electron chi connectivity index (χ3n) is 2.62. The number of hydrogen-bond acceptors (Lipinski definition) is 6. The largest absolute Gasteiger partial charge is 0.396 e. The van der Waals surface area contributed by atoms with Crippen molar-refractivity contribution in [2.45, 2.75) is 24.7 Å². The van der Waals surface area contributed by atoms with Crippen LogP contribution in [0.5, 0.6) is 0 Å². The van der Waals surface area contributed by atoms with E-state index in [1.807, 2.05) is 0 Å². The molecule has 2 atom stereocenters. The molecule has 0 aromatic carbocycles. The van der Waals surface area contributed by atoms with E-state index in [9.17, 15) is 34.4 Å². The summed E-state index contributed by atoms with van der Waals surface area (Å²) in [6.07, 6.45) is 1.38. The van der Waals surface area contributed by atoms with Gasteiger partial charge in [0, 0.05) is 23.5 Å². The first-order chi connectivity index (χ1) is 9.98. The highest BCUT2D eigenvalue weighted by atomic mass is 35.7. The van der Waals surface area contributed by atoms with Crippen LogP contribution in [0, 0.1) is 11.8 Å². The Labute approximate surface area is 136 Å². The molecule has 0 amide bonds. The van der Waals surface area contributed by atoms with E-state index in [1.165, 1.54) is 0 Å². The second kappa shape index (κ2) is 7.81. The van der Waals surface area contributed by atoms with E-state index in [2.05, 4.69) is 14.9 Å². The van der Waals surface area contributed by atoms with Gasteiger partial charge in [-0.05, 0) is 0 Å². The summed E-state index contributed by atoms with van der Waals surface area (Å²) in [5.74, 6) is -6.87. The van der Waals surface area contributed by atoms with Crippen LogP contribution in [0.25, 0.3) is 0 Å². The summed E-state index contributed by atoms with van der Waals surface area (Å²) in [5.41, 5.74) is 0. The molecular weight excluding hydrogens is 392 g/mol. The Bertz CT molecular complexity index is 584. The van der Waals surface area contributed by atoms with Crippen LogP contribution >= 0.6 is 10.7 Å². The Morgan fingerprint density at radius 1 is 1.04 bits per heavy atom. The fourth-order valence-corrected chi connectivity index (χ4v) is 1.54. The Kier molecular flexibility index (Phi) is 7.75. The second-order valence-corrected chi connectivity index (χ2v) is 9.87. The lowest BCUT2D eigenvalue weighted by Crippen LogP contribution is -2.08. The topological polar surface area (TPSA) is 97.7 Å². The number of hydrogen-bond donors (Lipinski definition) is 1. The fourth-order valence-electron chi connectivity index (χ4n) is 1.12. The molecule has 2 aliphatic carbocycles. The van der Waals surface area contributed by atoms with Crippen molar-refractivity contribution in [1.82, 2.24) is 0 Å². The SMILES string of the molecule is CS(=O)(=O)Cl.CS(=O)(=O)OCC1CC1(F)F.OCC1CC1(F)F. The molecule has 140 valence electrons. The molecule has 2 unspecified atom stereocenters. The Balaban J connectivity index is 0.000000347. The summed E-state index contributed by atoms with van der Waals surface area (Å²) in [5, 5.41) is 8.06. The first-order valence-corrected chi connectivity index (χ1v) is 10.6. The zero-order valence-electron chi connectivity index (χ0n) is 12.2. The first-order valence-electron chi connectivity index (χ1n) is 6.08. The fraction of sp³-hybridized carbons (Fsp3) is 1.00. The zero-order chi connectivity index (χ0) is 18.7. The van der Waals surface area contributed by atoms with E-state index in [-0.39, 0.29) is 19.4 Å².